The van der Waals surface area contributed by atoms with Gasteiger partial charge in [0.05, 0.1) is 5.57 Å². The van der Waals surface area contributed by atoms with E-state index in [1.165, 1.54) is 18.2 Å². The predicted molar refractivity (Wildman–Crippen MR) is 50.5 cm³/mol. The van der Waals surface area contributed by atoms with Crippen LogP contribution in [-0.4, -0.2) is 22.8 Å². The van der Waals surface area contributed by atoms with Gasteiger partial charge in [0.15, 0.2) is 0 Å². The van der Waals surface area contributed by atoms with Crippen molar-refractivity contribution in [1.29, 1.82) is 0 Å². The molecule has 0 atom stereocenters. The number of hydrogen-bond acceptors (Lipinski definition) is 4. The van der Waals surface area contributed by atoms with E-state index in [0.29, 0.717) is 12.0 Å². The van der Waals surface area contributed by atoms with Crippen molar-refractivity contribution in [3.05, 3.63) is 45.6 Å². The Bertz CT molecular complexity index is 367. The van der Waals surface area contributed by atoms with Gasteiger partial charge in [-0.15, -0.1) is 10.1 Å². The van der Waals surface area contributed by atoms with Gasteiger partial charge in [0.1, 0.15) is 6.61 Å². The number of carboxylic acids is 1. The summed E-state index contributed by atoms with van der Waals surface area (Å²) >= 11 is 0. The molecule has 0 aromatic carbocycles. The van der Waals surface area contributed by atoms with Gasteiger partial charge in [0.25, 0.3) is 5.09 Å². The maximum atomic E-state index is 10.6. The normalized spacial score (nSPS) is 14.9. The molecule has 0 aromatic rings. The summed E-state index contributed by atoms with van der Waals surface area (Å²) in [6, 6.07) is 0. The van der Waals surface area contributed by atoms with E-state index in [0.717, 1.165) is 0 Å². The smallest absolute Gasteiger partial charge is 0.335 e. The van der Waals surface area contributed by atoms with Gasteiger partial charge in [-0.05, 0) is 18.1 Å². The van der Waals surface area contributed by atoms with Gasteiger partial charge in [0, 0.05) is 0 Å². The first kappa shape index (κ1) is 11.0. The van der Waals surface area contributed by atoms with Crippen LogP contribution in [0, 0.1) is 10.1 Å². The van der Waals surface area contributed by atoms with Crippen LogP contribution in [0.5, 0.6) is 0 Å². The van der Waals surface area contributed by atoms with E-state index in [-0.39, 0.29) is 12.2 Å². The molecule has 15 heavy (non-hydrogen) atoms. The van der Waals surface area contributed by atoms with Gasteiger partial charge >= 0.3 is 5.97 Å². The van der Waals surface area contributed by atoms with Crippen LogP contribution in [0.4, 0.5) is 0 Å². The van der Waals surface area contributed by atoms with Crippen molar-refractivity contribution in [2.24, 2.45) is 0 Å². The highest BCUT2D eigenvalue weighted by Gasteiger charge is 2.06. The van der Waals surface area contributed by atoms with E-state index < -0.39 is 11.1 Å². The number of carboxylic acid groups (broad SMARTS) is 1. The minimum atomic E-state index is -1.03. The van der Waals surface area contributed by atoms with Crippen LogP contribution in [0.1, 0.15) is 6.42 Å². The van der Waals surface area contributed by atoms with Crippen molar-refractivity contribution in [1.82, 2.24) is 0 Å². The second-order valence-electron chi connectivity index (χ2n) is 2.86. The molecule has 0 radical (unpaired) electrons. The van der Waals surface area contributed by atoms with Crippen LogP contribution < -0.4 is 0 Å². The Morgan fingerprint density at radius 3 is 2.93 bits per heavy atom. The molecule has 0 unspecified atom stereocenters. The lowest BCUT2D eigenvalue weighted by Gasteiger charge is -2.00. The van der Waals surface area contributed by atoms with Gasteiger partial charge in [-0.25, -0.2) is 4.79 Å². The maximum absolute atomic E-state index is 10.6. The lowest BCUT2D eigenvalue weighted by atomic mass is 10.2. The first-order valence-corrected chi connectivity index (χ1v) is 4.16. The Morgan fingerprint density at radius 1 is 1.60 bits per heavy atom. The third-order valence-electron chi connectivity index (χ3n) is 1.78. The van der Waals surface area contributed by atoms with Crippen LogP contribution in [0.15, 0.2) is 35.5 Å². The highest BCUT2D eigenvalue weighted by atomic mass is 16.9. The molecule has 1 rings (SSSR count). The molecule has 0 aromatic heterocycles. The fourth-order valence-corrected chi connectivity index (χ4v) is 1.05. The summed E-state index contributed by atoms with van der Waals surface area (Å²) in [6.45, 7) is -0.138. The van der Waals surface area contributed by atoms with E-state index >= 15 is 0 Å². The number of rotatable bonds is 4. The van der Waals surface area contributed by atoms with Crippen LogP contribution >= 0.6 is 0 Å². The molecular weight excluding hydrogens is 202 g/mol. The molecule has 0 bridgehead atoms. The van der Waals surface area contributed by atoms with E-state index in [4.69, 9.17) is 5.11 Å². The number of nitrogens with zero attached hydrogens (tertiary/aromatic N) is 1. The standard InChI is InChI=1S/C9H9NO5/c11-9(12)8-3-1-2-7(4-5-8)6-15-10(13)14/h1,3-5H,2,6H2,(H,11,12). The second kappa shape index (κ2) is 4.94. The molecule has 80 valence electrons. The fourth-order valence-electron chi connectivity index (χ4n) is 1.05. The molecule has 1 aliphatic rings. The molecule has 6 nitrogen and oxygen atoms in total. The largest absolute Gasteiger partial charge is 0.478 e. The van der Waals surface area contributed by atoms with Crippen molar-refractivity contribution in [2.75, 3.05) is 6.61 Å². The Kier molecular flexibility index (Phi) is 3.61. The average molecular weight is 211 g/mol. The summed E-state index contributed by atoms with van der Waals surface area (Å²) in [5.41, 5.74) is 0.797. The first-order chi connectivity index (χ1) is 7.09. The monoisotopic (exact) mass is 211 g/mol. The van der Waals surface area contributed by atoms with Crippen LogP contribution in [0.25, 0.3) is 0 Å². The average Bonchev–Trinajstić information content (AvgIpc) is 2.39. The van der Waals surface area contributed by atoms with E-state index in [1.807, 2.05) is 0 Å². The second-order valence-corrected chi connectivity index (χ2v) is 2.86. The van der Waals surface area contributed by atoms with E-state index in [1.54, 1.807) is 6.08 Å². The van der Waals surface area contributed by atoms with E-state index in [2.05, 4.69) is 4.84 Å². The van der Waals surface area contributed by atoms with E-state index in [9.17, 15) is 14.9 Å². The number of carbonyl (C=O) groups is 1. The number of aliphatic carboxylic acids is 1. The lowest BCUT2D eigenvalue weighted by Crippen LogP contribution is -2.04. The molecule has 0 saturated carbocycles. The Morgan fingerprint density at radius 2 is 2.33 bits per heavy atom. The molecule has 0 fully saturated rings. The third-order valence-corrected chi connectivity index (χ3v) is 1.78. The Hall–Kier alpha value is -2.11. The lowest BCUT2D eigenvalue weighted by molar-refractivity contribution is -0.755. The van der Waals surface area contributed by atoms with Crippen LogP contribution in [-0.2, 0) is 9.63 Å². The van der Waals surface area contributed by atoms with Gasteiger partial charge in [-0.3, -0.25) is 0 Å². The van der Waals surface area contributed by atoms with Gasteiger partial charge in [0.2, 0.25) is 0 Å². The van der Waals surface area contributed by atoms with Gasteiger partial charge in [-0.1, -0.05) is 18.2 Å². The maximum Gasteiger partial charge on any atom is 0.335 e. The summed E-state index contributed by atoms with van der Waals surface area (Å²) in [5, 5.41) is 17.7. The molecule has 0 saturated heterocycles. The summed E-state index contributed by atoms with van der Waals surface area (Å²) in [6.07, 6.45) is 6.44. The summed E-state index contributed by atoms with van der Waals surface area (Å²) in [7, 11) is 0. The summed E-state index contributed by atoms with van der Waals surface area (Å²) in [5.74, 6) is -1.03. The molecule has 0 amide bonds. The van der Waals surface area contributed by atoms with Crippen molar-refractivity contribution in [3.63, 3.8) is 0 Å². The topological polar surface area (TPSA) is 89.7 Å². The SMILES string of the molecule is O=C(O)C1=CC=C(CO[N+](=O)[O-])CC=C1. The van der Waals surface area contributed by atoms with Crippen molar-refractivity contribution < 1.29 is 19.8 Å². The molecule has 0 aliphatic heterocycles. The Labute approximate surface area is 85.3 Å². The van der Waals surface area contributed by atoms with Crippen molar-refractivity contribution in [3.8, 4) is 0 Å². The Balaban J connectivity index is 2.66. The molecule has 0 heterocycles. The highest BCUT2D eigenvalue weighted by Crippen LogP contribution is 2.11. The summed E-state index contributed by atoms with van der Waals surface area (Å²) in [4.78, 5) is 24.7. The van der Waals surface area contributed by atoms with Crippen LogP contribution in [0.3, 0.4) is 0 Å². The minimum Gasteiger partial charge on any atom is -0.478 e. The van der Waals surface area contributed by atoms with Gasteiger partial charge < -0.3 is 9.94 Å². The molecule has 1 aliphatic carbocycles. The third kappa shape index (κ3) is 3.63. The molecule has 6 heteroatoms. The zero-order chi connectivity index (χ0) is 11.3. The first-order valence-electron chi connectivity index (χ1n) is 4.16. The number of hydrogen-bond donors (Lipinski definition) is 1. The molecule has 1 N–H and O–H groups in total. The predicted octanol–water partition coefficient (Wildman–Crippen LogP) is 1.09. The minimum absolute atomic E-state index is 0.138. The quantitative estimate of drug-likeness (QED) is 0.555. The van der Waals surface area contributed by atoms with Crippen molar-refractivity contribution >= 4 is 5.97 Å². The highest BCUT2D eigenvalue weighted by molar-refractivity contribution is 5.90. The fraction of sp³-hybridized carbons (Fsp3) is 0.222. The molecule has 0 spiro atoms. The summed E-state index contributed by atoms with van der Waals surface area (Å²) < 4.78 is 0. The molecular formula is C9H9NO5. The van der Waals surface area contributed by atoms with Gasteiger partial charge in [-0.2, -0.15) is 0 Å². The zero-order valence-electron chi connectivity index (χ0n) is 7.75. The van der Waals surface area contributed by atoms with Crippen molar-refractivity contribution in [2.45, 2.75) is 6.42 Å². The number of allylic oxidation sites excluding steroid dienone is 3. The zero-order valence-corrected chi connectivity index (χ0v) is 7.75. The van der Waals surface area contributed by atoms with Crippen LogP contribution in [0.2, 0.25) is 0 Å².